The molecular weight excluding hydrogens is 370 g/mol. The normalized spacial score (nSPS) is 10.9. The standard InChI is InChI=1S/C13H8BrCl3N2/c14-10-4-2-1-3-8(10)7-18-19-13-11(16)5-9(15)6-12(13)17/h1-7,19H/b18-7+. The van der Waals surface area contributed by atoms with Crippen LogP contribution in [0.1, 0.15) is 5.56 Å². The first-order chi connectivity index (χ1) is 9.08. The van der Waals surface area contributed by atoms with Crippen molar-refractivity contribution in [3.8, 4) is 0 Å². The first-order valence-corrected chi connectivity index (χ1v) is 7.19. The van der Waals surface area contributed by atoms with Crippen molar-refractivity contribution in [2.45, 2.75) is 0 Å². The van der Waals surface area contributed by atoms with E-state index in [2.05, 4.69) is 26.5 Å². The van der Waals surface area contributed by atoms with Crippen LogP contribution < -0.4 is 5.43 Å². The highest BCUT2D eigenvalue weighted by Crippen LogP contribution is 2.33. The summed E-state index contributed by atoms with van der Waals surface area (Å²) in [5.41, 5.74) is 4.28. The lowest BCUT2D eigenvalue weighted by molar-refractivity contribution is 1.35. The Labute approximate surface area is 134 Å². The summed E-state index contributed by atoms with van der Waals surface area (Å²) in [5, 5.41) is 5.43. The lowest BCUT2D eigenvalue weighted by atomic mass is 10.2. The van der Waals surface area contributed by atoms with Crippen molar-refractivity contribution in [2.24, 2.45) is 5.10 Å². The Morgan fingerprint density at radius 3 is 2.32 bits per heavy atom. The number of rotatable bonds is 3. The van der Waals surface area contributed by atoms with E-state index in [1.54, 1.807) is 18.3 Å². The minimum atomic E-state index is 0.418. The first-order valence-electron chi connectivity index (χ1n) is 5.26. The molecule has 0 atom stereocenters. The van der Waals surface area contributed by atoms with E-state index < -0.39 is 0 Å². The Balaban J connectivity index is 2.18. The third kappa shape index (κ3) is 3.86. The molecule has 0 amide bonds. The summed E-state index contributed by atoms with van der Waals surface area (Å²) in [6.07, 6.45) is 1.67. The molecule has 19 heavy (non-hydrogen) atoms. The zero-order valence-electron chi connectivity index (χ0n) is 9.50. The molecule has 0 aliphatic carbocycles. The molecule has 0 fully saturated rings. The van der Waals surface area contributed by atoms with E-state index in [1.165, 1.54) is 0 Å². The van der Waals surface area contributed by atoms with E-state index in [0.717, 1.165) is 10.0 Å². The number of halogens is 4. The number of benzene rings is 2. The molecule has 2 aromatic rings. The van der Waals surface area contributed by atoms with Crippen LogP contribution >= 0.6 is 50.7 Å². The molecule has 0 unspecified atom stereocenters. The summed E-state index contributed by atoms with van der Waals surface area (Å²) < 4.78 is 0.953. The molecule has 0 aliphatic heterocycles. The number of hydrogen-bond acceptors (Lipinski definition) is 2. The number of nitrogens with one attached hydrogen (secondary N) is 1. The van der Waals surface area contributed by atoms with Gasteiger partial charge in [-0.15, -0.1) is 0 Å². The van der Waals surface area contributed by atoms with Gasteiger partial charge in [0.1, 0.15) is 0 Å². The highest BCUT2D eigenvalue weighted by Gasteiger charge is 2.06. The largest absolute Gasteiger partial charge is 0.275 e. The number of hydrazone groups is 1. The Hall–Kier alpha value is -0.740. The second-order valence-corrected chi connectivity index (χ2v) is 5.74. The van der Waals surface area contributed by atoms with Crippen LogP contribution in [-0.4, -0.2) is 6.21 Å². The maximum Gasteiger partial charge on any atom is 0.0935 e. The zero-order valence-corrected chi connectivity index (χ0v) is 13.4. The lowest BCUT2D eigenvalue weighted by Gasteiger charge is -2.06. The predicted octanol–water partition coefficient (Wildman–Crippen LogP) is 5.86. The monoisotopic (exact) mass is 376 g/mol. The highest BCUT2D eigenvalue weighted by atomic mass is 79.9. The molecule has 0 saturated carbocycles. The van der Waals surface area contributed by atoms with Crippen LogP contribution in [0.2, 0.25) is 15.1 Å². The van der Waals surface area contributed by atoms with Gasteiger partial charge in [0.2, 0.25) is 0 Å². The third-order valence-electron chi connectivity index (χ3n) is 2.29. The summed E-state index contributed by atoms with van der Waals surface area (Å²) in [5.74, 6) is 0. The Morgan fingerprint density at radius 2 is 1.68 bits per heavy atom. The average Bonchev–Trinajstić information content (AvgIpc) is 2.34. The molecule has 0 spiro atoms. The van der Waals surface area contributed by atoms with Crippen molar-refractivity contribution in [3.63, 3.8) is 0 Å². The smallest absolute Gasteiger partial charge is 0.0935 e. The van der Waals surface area contributed by atoms with Crippen molar-refractivity contribution in [2.75, 3.05) is 5.43 Å². The average molecular weight is 378 g/mol. The molecule has 1 N–H and O–H groups in total. The molecule has 2 aromatic carbocycles. The molecule has 98 valence electrons. The fraction of sp³-hybridized carbons (Fsp3) is 0. The van der Waals surface area contributed by atoms with Crippen LogP contribution in [0.3, 0.4) is 0 Å². The van der Waals surface area contributed by atoms with Crippen LogP contribution in [0.5, 0.6) is 0 Å². The van der Waals surface area contributed by atoms with Crippen molar-refractivity contribution in [3.05, 3.63) is 61.5 Å². The first kappa shape index (κ1) is 14.7. The van der Waals surface area contributed by atoms with Gasteiger partial charge in [0.25, 0.3) is 0 Å². The summed E-state index contributed by atoms with van der Waals surface area (Å²) >= 11 is 21.3. The van der Waals surface area contributed by atoms with Crippen molar-refractivity contribution in [1.82, 2.24) is 0 Å². The second-order valence-electron chi connectivity index (χ2n) is 3.64. The summed E-state index contributed by atoms with van der Waals surface area (Å²) in [6, 6.07) is 10.9. The Bertz CT molecular complexity index is 606. The van der Waals surface area contributed by atoms with Crippen LogP contribution in [-0.2, 0) is 0 Å². The van der Waals surface area contributed by atoms with Crippen LogP contribution in [0, 0.1) is 0 Å². The minimum Gasteiger partial charge on any atom is -0.275 e. The van der Waals surface area contributed by atoms with Crippen molar-refractivity contribution >= 4 is 62.6 Å². The molecule has 0 aliphatic rings. The molecular formula is C13H8BrCl3N2. The molecule has 0 aromatic heterocycles. The van der Waals surface area contributed by atoms with Gasteiger partial charge < -0.3 is 0 Å². The predicted molar refractivity (Wildman–Crippen MR) is 86.8 cm³/mol. The molecule has 2 rings (SSSR count). The van der Waals surface area contributed by atoms with Crippen LogP contribution in [0.4, 0.5) is 5.69 Å². The molecule has 6 heteroatoms. The van der Waals surface area contributed by atoms with E-state index in [0.29, 0.717) is 20.8 Å². The molecule has 2 nitrogen and oxygen atoms in total. The van der Waals surface area contributed by atoms with Gasteiger partial charge in [0.05, 0.1) is 21.9 Å². The zero-order chi connectivity index (χ0) is 13.8. The fourth-order valence-electron chi connectivity index (χ4n) is 1.40. The van der Waals surface area contributed by atoms with Crippen molar-refractivity contribution in [1.29, 1.82) is 0 Å². The van der Waals surface area contributed by atoms with Gasteiger partial charge in [0, 0.05) is 15.1 Å². The fourth-order valence-corrected chi connectivity index (χ4v) is 2.68. The van der Waals surface area contributed by atoms with E-state index in [4.69, 9.17) is 34.8 Å². The summed E-state index contributed by atoms with van der Waals surface area (Å²) in [7, 11) is 0. The maximum atomic E-state index is 6.03. The summed E-state index contributed by atoms with van der Waals surface area (Å²) in [6.45, 7) is 0. The Kier molecular flexibility index (Phi) is 5.11. The Morgan fingerprint density at radius 1 is 1.05 bits per heavy atom. The van der Waals surface area contributed by atoms with Crippen LogP contribution in [0.25, 0.3) is 0 Å². The number of anilines is 1. The molecule has 0 bridgehead atoms. The molecule has 0 saturated heterocycles. The molecule has 0 heterocycles. The maximum absolute atomic E-state index is 6.03. The third-order valence-corrected chi connectivity index (χ3v) is 3.83. The number of hydrogen-bond donors (Lipinski definition) is 1. The lowest BCUT2D eigenvalue weighted by Crippen LogP contribution is -1.93. The van der Waals surface area contributed by atoms with Gasteiger partial charge in [-0.25, -0.2) is 0 Å². The van der Waals surface area contributed by atoms with Gasteiger partial charge in [-0.2, -0.15) is 5.10 Å². The minimum absolute atomic E-state index is 0.418. The topological polar surface area (TPSA) is 24.4 Å². The van der Waals surface area contributed by atoms with E-state index in [-0.39, 0.29) is 0 Å². The van der Waals surface area contributed by atoms with Crippen LogP contribution in [0.15, 0.2) is 46.0 Å². The van der Waals surface area contributed by atoms with E-state index in [9.17, 15) is 0 Å². The van der Waals surface area contributed by atoms with Gasteiger partial charge in [-0.05, 0) is 18.2 Å². The quantitative estimate of drug-likeness (QED) is 0.525. The van der Waals surface area contributed by atoms with Crippen molar-refractivity contribution < 1.29 is 0 Å². The van der Waals surface area contributed by atoms with E-state index >= 15 is 0 Å². The van der Waals surface area contributed by atoms with Gasteiger partial charge in [-0.1, -0.05) is 68.9 Å². The van der Waals surface area contributed by atoms with E-state index in [1.807, 2.05) is 24.3 Å². The highest BCUT2D eigenvalue weighted by molar-refractivity contribution is 9.10. The van der Waals surface area contributed by atoms with Gasteiger partial charge >= 0.3 is 0 Å². The number of nitrogens with zero attached hydrogens (tertiary/aromatic N) is 1. The second kappa shape index (κ2) is 6.62. The van der Waals surface area contributed by atoms with Gasteiger partial charge in [-0.3, -0.25) is 5.43 Å². The SMILES string of the molecule is Clc1cc(Cl)c(N/N=C/c2ccccc2Br)c(Cl)c1. The molecule has 0 radical (unpaired) electrons. The van der Waals surface area contributed by atoms with Gasteiger partial charge in [0.15, 0.2) is 0 Å². The summed E-state index contributed by atoms with van der Waals surface area (Å²) in [4.78, 5) is 0.